The van der Waals surface area contributed by atoms with E-state index in [-0.39, 0.29) is 6.61 Å². The van der Waals surface area contributed by atoms with Gasteiger partial charge in [-0.2, -0.15) is 13.2 Å². The molecule has 13 heteroatoms. The molecule has 5 N–H and O–H groups in total. The number of halogens is 3. The fourth-order valence-electron chi connectivity index (χ4n) is 3.80. The van der Waals surface area contributed by atoms with Crippen molar-refractivity contribution in [3.8, 4) is 0 Å². The lowest BCUT2D eigenvalue weighted by atomic mass is 9.88. The van der Waals surface area contributed by atoms with E-state index in [1.54, 1.807) is 0 Å². The van der Waals surface area contributed by atoms with Crippen LogP contribution in [-0.2, 0) is 29.4 Å². The Morgan fingerprint density at radius 2 is 1.74 bits per heavy atom. The number of esters is 1. The number of rotatable bonds is 9. The Morgan fingerprint density at radius 1 is 1.12 bits per heavy atom. The van der Waals surface area contributed by atoms with E-state index < -0.39 is 78.8 Å². The van der Waals surface area contributed by atoms with Gasteiger partial charge in [-0.25, -0.2) is 0 Å². The summed E-state index contributed by atoms with van der Waals surface area (Å²) in [5, 5.41) is 41.9. The van der Waals surface area contributed by atoms with Crippen molar-refractivity contribution >= 4 is 11.9 Å². The third-order valence-electron chi connectivity index (χ3n) is 5.54. The Kier molecular flexibility index (Phi) is 9.39. The van der Waals surface area contributed by atoms with E-state index in [1.165, 1.54) is 25.1 Å². The van der Waals surface area contributed by atoms with Crippen LogP contribution in [0.15, 0.2) is 30.3 Å². The lowest BCUT2D eigenvalue weighted by Gasteiger charge is -2.44. The first-order chi connectivity index (χ1) is 15.9. The number of carbonyl (C=O) groups is 2. The van der Waals surface area contributed by atoms with Crippen molar-refractivity contribution in [3.05, 3.63) is 35.9 Å². The molecule has 0 saturated carbocycles. The molecule has 7 atom stereocenters. The average molecular weight is 495 g/mol. The largest absolute Gasteiger partial charge is 0.466 e. The monoisotopic (exact) mass is 495 g/mol. The third kappa shape index (κ3) is 5.50. The summed E-state index contributed by atoms with van der Waals surface area (Å²) in [5.41, 5.74) is -4.04. The molecule has 0 aromatic heterocycles. The summed E-state index contributed by atoms with van der Waals surface area (Å²) < 4.78 is 57.6. The molecule has 1 fully saturated rings. The Labute approximate surface area is 193 Å². The van der Waals surface area contributed by atoms with Gasteiger partial charge in [0.1, 0.15) is 30.5 Å². The predicted molar refractivity (Wildman–Crippen MR) is 108 cm³/mol. The highest BCUT2D eigenvalue weighted by Crippen LogP contribution is 2.42. The van der Waals surface area contributed by atoms with Gasteiger partial charge in [-0.15, -0.1) is 0 Å². The summed E-state index contributed by atoms with van der Waals surface area (Å²) in [6.07, 6.45) is -14.7. The Morgan fingerprint density at radius 3 is 2.24 bits per heavy atom. The topological polar surface area (TPSA) is 155 Å². The molecule has 1 amide bonds. The molecular formula is C21H28F3NO9. The number of ether oxygens (including phenoxy) is 3. The van der Waals surface area contributed by atoms with Gasteiger partial charge in [0.25, 0.3) is 11.5 Å². The van der Waals surface area contributed by atoms with Gasteiger partial charge in [0.2, 0.25) is 0 Å². The molecule has 1 saturated heterocycles. The molecule has 192 valence electrons. The molecule has 1 heterocycles. The summed E-state index contributed by atoms with van der Waals surface area (Å²) >= 11 is 0. The van der Waals surface area contributed by atoms with Crippen LogP contribution < -0.4 is 5.32 Å². The lowest BCUT2D eigenvalue weighted by molar-refractivity contribution is -0.267. The van der Waals surface area contributed by atoms with E-state index in [0.717, 1.165) is 12.1 Å². The van der Waals surface area contributed by atoms with Gasteiger partial charge in [-0.05, 0) is 6.92 Å². The molecule has 1 aliphatic rings. The fourth-order valence-corrected chi connectivity index (χ4v) is 3.80. The van der Waals surface area contributed by atoms with Crippen molar-refractivity contribution in [2.24, 2.45) is 0 Å². The molecular weight excluding hydrogens is 467 g/mol. The smallest absolute Gasteiger partial charge is 0.430 e. The van der Waals surface area contributed by atoms with Gasteiger partial charge in [0.15, 0.2) is 0 Å². The first kappa shape index (κ1) is 28.0. The number of nitrogens with one attached hydrogen (secondary N) is 1. The maximum Gasteiger partial charge on any atom is 0.430 e. The number of amides is 1. The highest BCUT2D eigenvalue weighted by Gasteiger charge is 2.63. The summed E-state index contributed by atoms with van der Waals surface area (Å²) in [4.78, 5) is 25.3. The van der Waals surface area contributed by atoms with Crippen molar-refractivity contribution in [1.82, 2.24) is 5.32 Å². The van der Waals surface area contributed by atoms with Crippen LogP contribution in [0, 0.1) is 0 Å². The van der Waals surface area contributed by atoms with Gasteiger partial charge >= 0.3 is 12.1 Å². The van der Waals surface area contributed by atoms with E-state index in [4.69, 9.17) is 14.2 Å². The van der Waals surface area contributed by atoms with Crippen molar-refractivity contribution in [2.45, 2.75) is 61.7 Å². The number of aliphatic hydroxyl groups is 4. The first-order valence-electron chi connectivity index (χ1n) is 10.4. The fraction of sp³-hybridized carbons (Fsp3) is 0.619. The highest BCUT2D eigenvalue weighted by atomic mass is 19.4. The van der Waals surface area contributed by atoms with E-state index in [0.29, 0.717) is 7.11 Å². The number of hydrogen-bond donors (Lipinski definition) is 5. The molecule has 1 aromatic carbocycles. The zero-order valence-electron chi connectivity index (χ0n) is 18.4. The van der Waals surface area contributed by atoms with Crippen LogP contribution in [0.1, 0.15) is 18.9 Å². The summed E-state index contributed by atoms with van der Waals surface area (Å²) in [6.45, 7) is 0.577. The Hall–Kier alpha value is -2.29. The molecule has 2 rings (SSSR count). The zero-order valence-corrected chi connectivity index (χ0v) is 18.4. The van der Waals surface area contributed by atoms with E-state index in [1.807, 2.05) is 5.32 Å². The summed E-state index contributed by atoms with van der Waals surface area (Å²) in [5.74, 6) is -2.67. The Bertz CT molecular complexity index is 823. The Balaban J connectivity index is 2.48. The SMILES string of the molecule is CCOC(=O)C[C@@H](NC(=O)[C@](OC)(c1ccccc1)C(F)(F)F)[C@H]1O[C@H](CO)[C@H](O)[C@H](O)[C@H]1O. The molecule has 0 unspecified atom stereocenters. The quantitative estimate of drug-likeness (QED) is 0.282. The second kappa shape index (κ2) is 11.4. The molecule has 34 heavy (non-hydrogen) atoms. The van der Waals surface area contributed by atoms with Gasteiger partial charge in [-0.3, -0.25) is 9.59 Å². The second-order valence-electron chi connectivity index (χ2n) is 7.63. The van der Waals surface area contributed by atoms with Crippen LogP contribution in [0.4, 0.5) is 13.2 Å². The number of alkyl halides is 3. The molecule has 1 aromatic rings. The van der Waals surface area contributed by atoms with Gasteiger partial charge in [0, 0.05) is 12.7 Å². The van der Waals surface area contributed by atoms with Crippen LogP contribution in [-0.4, -0.2) is 95.4 Å². The summed E-state index contributed by atoms with van der Waals surface area (Å²) in [7, 11) is 0.689. The van der Waals surface area contributed by atoms with E-state index >= 15 is 0 Å². The number of benzene rings is 1. The van der Waals surface area contributed by atoms with Crippen LogP contribution in [0.5, 0.6) is 0 Å². The average Bonchev–Trinajstić information content (AvgIpc) is 2.78. The second-order valence-corrected chi connectivity index (χ2v) is 7.63. The van der Waals surface area contributed by atoms with Gasteiger partial charge in [0.05, 0.1) is 25.7 Å². The molecule has 0 radical (unpaired) electrons. The maximum absolute atomic E-state index is 14.2. The van der Waals surface area contributed by atoms with Crippen LogP contribution in [0.3, 0.4) is 0 Å². The van der Waals surface area contributed by atoms with Crippen LogP contribution in [0.2, 0.25) is 0 Å². The van der Waals surface area contributed by atoms with E-state index in [2.05, 4.69) is 0 Å². The number of hydrogen-bond acceptors (Lipinski definition) is 9. The van der Waals surface area contributed by atoms with Crippen LogP contribution in [0.25, 0.3) is 0 Å². The minimum atomic E-state index is -5.25. The maximum atomic E-state index is 14.2. The van der Waals surface area contributed by atoms with Crippen molar-refractivity contribution < 1.29 is 57.4 Å². The predicted octanol–water partition coefficient (Wildman–Crippen LogP) is -0.629. The normalized spacial score (nSPS) is 28.0. The molecule has 0 spiro atoms. The minimum Gasteiger partial charge on any atom is -0.466 e. The van der Waals surface area contributed by atoms with E-state index in [9.17, 15) is 43.2 Å². The zero-order chi connectivity index (χ0) is 25.7. The standard InChI is InChI=1S/C21H28F3NO9/c1-3-33-14(27)9-12(18-17(30)16(29)15(28)13(10-26)34-18)25-19(31)20(32-2,21(22,23)24)11-7-5-4-6-8-11/h4-8,12-13,15-18,26,28-30H,3,9-10H2,1-2H3,(H,25,31)/t12-,13-,15+,16+,17-,18-,20-/m1/s1. The third-order valence-corrected chi connectivity index (χ3v) is 5.54. The number of aliphatic hydroxyl groups excluding tert-OH is 4. The van der Waals surface area contributed by atoms with Gasteiger partial charge < -0.3 is 40.0 Å². The first-order valence-corrected chi connectivity index (χ1v) is 10.4. The van der Waals surface area contributed by atoms with Crippen molar-refractivity contribution in [2.75, 3.05) is 20.3 Å². The number of methoxy groups -OCH3 is 1. The minimum absolute atomic E-state index is 0.0806. The molecule has 0 bridgehead atoms. The van der Waals surface area contributed by atoms with Gasteiger partial charge in [-0.1, -0.05) is 30.3 Å². The molecule has 10 nitrogen and oxygen atoms in total. The number of carbonyl (C=O) groups excluding carboxylic acids is 2. The molecule has 0 aliphatic carbocycles. The van der Waals surface area contributed by atoms with Crippen molar-refractivity contribution in [1.29, 1.82) is 0 Å². The van der Waals surface area contributed by atoms with Crippen molar-refractivity contribution in [3.63, 3.8) is 0 Å². The lowest BCUT2D eigenvalue weighted by Crippen LogP contribution is -2.66. The molecule has 1 aliphatic heterocycles. The summed E-state index contributed by atoms with van der Waals surface area (Å²) in [6, 6.07) is 4.38. The highest BCUT2D eigenvalue weighted by molar-refractivity contribution is 5.88. The van der Waals surface area contributed by atoms with Crippen LogP contribution >= 0.6 is 0 Å².